The lowest BCUT2D eigenvalue weighted by atomic mass is 9.96. The van der Waals surface area contributed by atoms with Gasteiger partial charge in [-0.1, -0.05) is 0 Å². The molecule has 1 aromatic heterocycles. The van der Waals surface area contributed by atoms with E-state index in [1.807, 2.05) is 23.9 Å². The van der Waals surface area contributed by atoms with Crippen LogP contribution in [0.5, 0.6) is 0 Å². The highest BCUT2D eigenvalue weighted by molar-refractivity contribution is 7.99. The molecule has 1 N–H and O–H groups in total. The van der Waals surface area contributed by atoms with Gasteiger partial charge in [-0.15, -0.1) is 0 Å². The van der Waals surface area contributed by atoms with Crippen LogP contribution in [0.2, 0.25) is 0 Å². The summed E-state index contributed by atoms with van der Waals surface area (Å²) in [7, 11) is 0. The first-order valence-electron chi connectivity index (χ1n) is 5.14. The maximum absolute atomic E-state index is 9.97. The highest BCUT2D eigenvalue weighted by atomic mass is 32.2. The molecular weight excluding hydrogens is 196 g/mol. The molecule has 0 amide bonds. The highest BCUT2D eigenvalue weighted by Crippen LogP contribution is 2.26. The van der Waals surface area contributed by atoms with Gasteiger partial charge in [-0.25, -0.2) is 0 Å². The Morgan fingerprint density at radius 2 is 2.57 bits per heavy atom. The minimum atomic E-state index is -0.228. The first-order chi connectivity index (χ1) is 6.86. The van der Waals surface area contributed by atoms with Crippen LogP contribution in [0.3, 0.4) is 0 Å². The fourth-order valence-corrected chi connectivity index (χ4v) is 3.10. The Balaban J connectivity index is 1.85. The van der Waals surface area contributed by atoms with E-state index in [1.165, 1.54) is 12.2 Å². The SMILES string of the molecule is OC(Cc1ccco1)C1CCCSC1. The molecule has 0 radical (unpaired) electrons. The van der Waals surface area contributed by atoms with Gasteiger partial charge in [0.15, 0.2) is 0 Å². The van der Waals surface area contributed by atoms with E-state index in [0.717, 1.165) is 17.9 Å². The molecule has 2 rings (SSSR count). The summed E-state index contributed by atoms with van der Waals surface area (Å²) in [5.74, 6) is 3.71. The molecule has 1 aromatic rings. The predicted molar refractivity (Wildman–Crippen MR) is 58.5 cm³/mol. The number of furan rings is 1. The Morgan fingerprint density at radius 1 is 1.64 bits per heavy atom. The quantitative estimate of drug-likeness (QED) is 0.834. The molecule has 1 fully saturated rings. The van der Waals surface area contributed by atoms with Gasteiger partial charge < -0.3 is 9.52 Å². The van der Waals surface area contributed by atoms with Crippen LogP contribution in [-0.4, -0.2) is 22.7 Å². The second-order valence-corrected chi connectivity index (χ2v) is 4.98. The number of aliphatic hydroxyl groups is 1. The fourth-order valence-electron chi connectivity index (χ4n) is 1.87. The molecule has 0 bridgehead atoms. The number of hydrogen-bond donors (Lipinski definition) is 1. The zero-order valence-corrected chi connectivity index (χ0v) is 9.00. The second kappa shape index (κ2) is 4.89. The van der Waals surface area contributed by atoms with Crippen LogP contribution in [0.25, 0.3) is 0 Å². The van der Waals surface area contributed by atoms with Crippen LogP contribution >= 0.6 is 11.8 Å². The molecule has 2 atom stereocenters. The van der Waals surface area contributed by atoms with E-state index < -0.39 is 0 Å². The highest BCUT2D eigenvalue weighted by Gasteiger charge is 2.22. The number of aliphatic hydroxyl groups excluding tert-OH is 1. The standard InChI is InChI=1S/C11H16O2S/c12-11(7-10-4-1-5-13-10)9-3-2-6-14-8-9/h1,4-5,9,11-12H,2-3,6-8H2. The maximum Gasteiger partial charge on any atom is 0.106 e. The van der Waals surface area contributed by atoms with Crippen LogP contribution in [-0.2, 0) is 6.42 Å². The van der Waals surface area contributed by atoms with Gasteiger partial charge in [-0.2, -0.15) is 11.8 Å². The molecule has 0 saturated carbocycles. The van der Waals surface area contributed by atoms with E-state index in [4.69, 9.17) is 4.42 Å². The van der Waals surface area contributed by atoms with E-state index in [9.17, 15) is 5.11 Å². The molecule has 2 heterocycles. The van der Waals surface area contributed by atoms with Crippen LogP contribution < -0.4 is 0 Å². The van der Waals surface area contributed by atoms with Gasteiger partial charge in [-0.05, 0) is 42.4 Å². The summed E-state index contributed by atoms with van der Waals surface area (Å²) in [6.45, 7) is 0. The second-order valence-electron chi connectivity index (χ2n) is 3.83. The van der Waals surface area contributed by atoms with E-state index in [2.05, 4.69) is 0 Å². The van der Waals surface area contributed by atoms with Crippen molar-refractivity contribution in [2.24, 2.45) is 5.92 Å². The molecular formula is C11H16O2S. The lowest BCUT2D eigenvalue weighted by Crippen LogP contribution is -2.27. The Hall–Kier alpha value is -0.410. The molecule has 0 aliphatic carbocycles. The molecule has 78 valence electrons. The van der Waals surface area contributed by atoms with E-state index in [-0.39, 0.29) is 6.10 Å². The van der Waals surface area contributed by atoms with Crippen molar-refractivity contribution in [2.75, 3.05) is 11.5 Å². The average molecular weight is 212 g/mol. The van der Waals surface area contributed by atoms with Crippen molar-refractivity contribution in [1.82, 2.24) is 0 Å². The lowest BCUT2D eigenvalue weighted by Gasteiger charge is -2.25. The minimum absolute atomic E-state index is 0.228. The van der Waals surface area contributed by atoms with Crippen LogP contribution in [0.1, 0.15) is 18.6 Å². The first-order valence-corrected chi connectivity index (χ1v) is 6.30. The zero-order chi connectivity index (χ0) is 9.80. The maximum atomic E-state index is 9.97. The number of rotatable bonds is 3. The largest absolute Gasteiger partial charge is 0.469 e. The van der Waals surface area contributed by atoms with Crippen molar-refractivity contribution in [2.45, 2.75) is 25.4 Å². The Kier molecular flexibility index (Phi) is 3.54. The number of thioether (sulfide) groups is 1. The molecule has 2 nitrogen and oxygen atoms in total. The first kappa shape index (κ1) is 10.1. The van der Waals surface area contributed by atoms with Crippen LogP contribution in [0, 0.1) is 5.92 Å². The van der Waals surface area contributed by atoms with Crippen molar-refractivity contribution >= 4 is 11.8 Å². The monoisotopic (exact) mass is 212 g/mol. The number of hydrogen-bond acceptors (Lipinski definition) is 3. The normalized spacial score (nSPS) is 24.8. The van der Waals surface area contributed by atoms with Crippen LogP contribution in [0.15, 0.2) is 22.8 Å². The molecule has 2 unspecified atom stereocenters. The summed E-state index contributed by atoms with van der Waals surface area (Å²) in [5.41, 5.74) is 0. The van der Waals surface area contributed by atoms with Gasteiger partial charge in [0.05, 0.1) is 12.4 Å². The van der Waals surface area contributed by atoms with Crippen LogP contribution in [0.4, 0.5) is 0 Å². The van der Waals surface area contributed by atoms with E-state index in [0.29, 0.717) is 12.3 Å². The average Bonchev–Trinajstić information content (AvgIpc) is 2.72. The van der Waals surface area contributed by atoms with E-state index >= 15 is 0 Å². The Morgan fingerprint density at radius 3 is 3.21 bits per heavy atom. The van der Waals surface area contributed by atoms with Crippen molar-refractivity contribution < 1.29 is 9.52 Å². The summed E-state index contributed by atoms with van der Waals surface area (Å²) in [6, 6.07) is 3.80. The van der Waals surface area contributed by atoms with Crippen molar-refractivity contribution in [1.29, 1.82) is 0 Å². The Labute approximate surface area is 88.7 Å². The lowest BCUT2D eigenvalue weighted by molar-refractivity contribution is 0.107. The summed E-state index contributed by atoms with van der Waals surface area (Å²) in [5, 5.41) is 9.97. The summed E-state index contributed by atoms with van der Waals surface area (Å²) < 4.78 is 5.23. The molecule has 3 heteroatoms. The van der Waals surface area contributed by atoms with Gasteiger partial charge in [0, 0.05) is 6.42 Å². The van der Waals surface area contributed by atoms with Gasteiger partial charge >= 0.3 is 0 Å². The summed E-state index contributed by atoms with van der Waals surface area (Å²) in [6.07, 6.45) is 4.50. The summed E-state index contributed by atoms with van der Waals surface area (Å²) in [4.78, 5) is 0. The molecule has 1 aliphatic heterocycles. The minimum Gasteiger partial charge on any atom is -0.469 e. The molecule has 14 heavy (non-hydrogen) atoms. The topological polar surface area (TPSA) is 33.4 Å². The van der Waals surface area contributed by atoms with Crippen molar-refractivity contribution in [3.05, 3.63) is 24.2 Å². The molecule has 1 aliphatic rings. The fraction of sp³-hybridized carbons (Fsp3) is 0.636. The summed E-state index contributed by atoms with van der Waals surface area (Å²) >= 11 is 1.95. The third-order valence-electron chi connectivity index (χ3n) is 2.73. The zero-order valence-electron chi connectivity index (χ0n) is 8.19. The Bertz CT molecular complexity index is 252. The molecule has 0 aromatic carbocycles. The predicted octanol–water partition coefficient (Wildman–Crippen LogP) is 2.33. The van der Waals surface area contributed by atoms with Crippen molar-refractivity contribution in [3.8, 4) is 0 Å². The van der Waals surface area contributed by atoms with Gasteiger partial charge in [-0.3, -0.25) is 0 Å². The van der Waals surface area contributed by atoms with E-state index in [1.54, 1.807) is 6.26 Å². The molecule has 0 spiro atoms. The smallest absolute Gasteiger partial charge is 0.106 e. The third kappa shape index (κ3) is 2.55. The van der Waals surface area contributed by atoms with Gasteiger partial charge in [0.1, 0.15) is 5.76 Å². The van der Waals surface area contributed by atoms with Gasteiger partial charge in [0.2, 0.25) is 0 Å². The molecule has 1 saturated heterocycles. The van der Waals surface area contributed by atoms with Gasteiger partial charge in [0.25, 0.3) is 0 Å². The van der Waals surface area contributed by atoms with Crippen molar-refractivity contribution in [3.63, 3.8) is 0 Å². The third-order valence-corrected chi connectivity index (χ3v) is 3.97.